The van der Waals surface area contributed by atoms with Crippen LogP contribution < -0.4 is 10.2 Å². The molecule has 1 N–H and O–H groups in total. The molecular weight excluding hydrogens is 232 g/mol. The van der Waals surface area contributed by atoms with E-state index in [4.69, 9.17) is 11.6 Å². The smallest absolute Gasteiger partial charge is 0.0471 e. The van der Waals surface area contributed by atoms with Crippen molar-refractivity contribution in [2.24, 2.45) is 0 Å². The van der Waals surface area contributed by atoms with Crippen LogP contribution in [0.25, 0.3) is 0 Å². The van der Waals surface area contributed by atoms with Gasteiger partial charge in [-0.2, -0.15) is 0 Å². The zero-order chi connectivity index (χ0) is 12.3. The van der Waals surface area contributed by atoms with Gasteiger partial charge >= 0.3 is 0 Å². The quantitative estimate of drug-likeness (QED) is 0.883. The second-order valence-electron chi connectivity index (χ2n) is 4.86. The Balaban J connectivity index is 2.12. The molecule has 1 aliphatic rings. The molecular formula is C14H21ClN2. The first-order chi connectivity index (χ1) is 8.22. The predicted molar refractivity (Wildman–Crippen MR) is 74.9 cm³/mol. The molecule has 2 rings (SSSR count). The van der Waals surface area contributed by atoms with Crippen molar-refractivity contribution in [3.8, 4) is 0 Å². The van der Waals surface area contributed by atoms with Gasteiger partial charge in [-0.15, -0.1) is 0 Å². The van der Waals surface area contributed by atoms with Crippen LogP contribution in [0, 0.1) is 0 Å². The fraction of sp³-hybridized carbons (Fsp3) is 0.571. The van der Waals surface area contributed by atoms with Gasteiger partial charge in [0.1, 0.15) is 0 Å². The molecule has 94 valence electrons. The molecule has 0 spiro atoms. The Morgan fingerprint density at radius 3 is 2.65 bits per heavy atom. The third-order valence-corrected chi connectivity index (χ3v) is 4.04. The predicted octanol–water partition coefficient (Wildman–Crippen LogP) is 3.44. The van der Waals surface area contributed by atoms with Crippen LogP contribution in [0.4, 0.5) is 5.69 Å². The van der Waals surface area contributed by atoms with E-state index in [9.17, 15) is 0 Å². The van der Waals surface area contributed by atoms with E-state index in [1.165, 1.54) is 31.4 Å². The zero-order valence-corrected chi connectivity index (χ0v) is 11.4. The molecule has 0 aliphatic heterocycles. The highest BCUT2D eigenvalue weighted by atomic mass is 35.5. The molecule has 1 aromatic rings. The highest BCUT2D eigenvalue weighted by Crippen LogP contribution is 2.29. The number of hydrogen-bond donors (Lipinski definition) is 1. The van der Waals surface area contributed by atoms with Gasteiger partial charge in [0.05, 0.1) is 0 Å². The lowest BCUT2D eigenvalue weighted by atomic mass is 10.1. The number of rotatable bonds is 4. The van der Waals surface area contributed by atoms with E-state index in [1.807, 2.05) is 7.05 Å². The molecule has 1 fully saturated rings. The van der Waals surface area contributed by atoms with E-state index in [1.54, 1.807) is 0 Å². The molecule has 0 radical (unpaired) electrons. The summed E-state index contributed by atoms with van der Waals surface area (Å²) in [7, 11) is 4.12. The van der Waals surface area contributed by atoms with Crippen LogP contribution in [0.15, 0.2) is 18.2 Å². The Morgan fingerprint density at radius 1 is 1.35 bits per heavy atom. The van der Waals surface area contributed by atoms with Gasteiger partial charge in [-0.1, -0.05) is 30.5 Å². The molecule has 0 atom stereocenters. The molecule has 17 heavy (non-hydrogen) atoms. The highest BCUT2D eigenvalue weighted by Gasteiger charge is 2.20. The lowest BCUT2D eigenvalue weighted by Crippen LogP contribution is -2.28. The maximum Gasteiger partial charge on any atom is 0.0471 e. The third-order valence-electron chi connectivity index (χ3n) is 3.68. The Kier molecular flexibility index (Phi) is 4.30. The molecule has 0 aromatic heterocycles. The van der Waals surface area contributed by atoms with Crippen molar-refractivity contribution in [1.29, 1.82) is 0 Å². The summed E-state index contributed by atoms with van der Waals surface area (Å²) in [6, 6.07) is 7.09. The van der Waals surface area contributed by atoms with Crippen molar-refractivity contribution in [3.63, 3.8) is 0 Å². The largest absolute Gasteiger partial charge is 0.372 e. The van der Waals surface area contributed by atoms with Gasteiger partial charge in [0.2, 0.25) is 0 Å². The summed E-state index contributed by atoms with van der Waals surface area (Å²) in [5.74, 6) is 0. The topological polar surface area (TPSA) is 15.3 Å². The fourth-order valence-corrected chi connectivity index (χ4v) is 2.83. The summed E-state index contributed by atoms with van der Waals surface area (Å²) in [5, 5.41) is 3.99. The first-order valence-corrected chi connectivity index (χ1v) is 6.76. The Labute approximate surface area is 109 Å². The van der Waals surface area contributed by atoms with Gasteiger partial charge in [-0.3, -0.25) is 0 Å². The van der Waals surface area contributed by atoms with Crippen LogP contribution in [0.2, 0.25) is 5.02 Å². The second-order valence-corrected chi connectivity index (χ2v) is 5.26. The average molecular weight is 253 g/mol. The summed E-state index contributed by atoms with van der Waals surface area (Å²) in [6.45, 7) is 0.826. The number of benzene rings is 1. The standard InChI is InChI=1S/C14H21ClN2/c1-16-10-11-7-8-13(9-14(11)15)17(2)12-5-3-4-6-12/h7-9,12,16H,3-6,10H2,1-2H3. The van der Waals surface area contributed by atoms with Gasteiger partial charge in [0, 0.05) is 30.3 Å². The molecule has 0 amide bonds. The van der Waals surface area contributed by atoms with Crippen molar-refractivity contribution in [3.05, 3.63) is 28.8 Å². The lowest BCUT2D eigenvalue weighted by Gasteiger charge is -2.27. The van der Waals surface area contributed by atoms with Gasteiger partial charge < -0.3 is 10.2 Å². The van der Waals surface area contributed by atoms with E-state index >= 15 is 0 Å². The van der Waals surface area contributed by atoms with E-state index in [-0.39, 0.29) is 0 Å². The molecule has 0 bridgehead atoms. The third kappa shape index (κ3) is 2.93. The highest BCUT2D eigenvalue weighted by molar-refractivity contribution is 6.31. The minimum Gasteiger partial charge on any atom is -0.372 e. The van der Waals surface area contributed by atoms with Gasteiger partial charge in [0.15, 0.2) is 0 Å². The molecule has 0 saturated heterocycles. The second kappa shape index (κ2) is 5.74. The lowest BCUT2D eigenvalue weighted by molar-refractivity contribution is 0.653. The Hall–Kier alpha value is -0.730. The molecule has 1 aromatic carbocycles. The van der Waals surface area contributed by atoms with Crippen LogP contribution in [0.1, 0.15) is 31.2 Å². The molecule has 3 heteroatoms. The van der Waals surface area contributed by atoms with Crippen LogP contribution in [-0.2, 0) is 6.54 Å². The minimum atomic E-state index is 0.696. The van der Waals surface area contributed by atoms with E-state index in [0.29, 0.717) is 6.04 Å². The number of halogens is 1. The van der Waals surface area contributed by atoms with E-state index < -0.39 is 0 Å². The fourth-order valence-electron chi connectivity index (χ4n) is 2.59. The van der Waals surface area contributed by atoms with Gasteiger partial charge in [-0.25, -0.2) is 0 Å². The summed E-state index contributed by atoms with van der Waals surface area (Å²) in [4.78, 5) is 2.38. The van der Waals surface area contributed by atoms with Crippen molar-refractivity contribution >= 4 is 17.3 Å². The minimum absolute atomic E-state index is 0.696. The zero-order valence-electron chi connectivity index (χ0n) is 10.7. The average Bonchev–Trinajstić information content (AvgIpc) is 2.84. The van der Waals surface area contributed by atoms with Crippen LogP contribution in [-0.4, -0.2) is 20.1 Å². The van der Waals surface area contributed by atoms with Crippen LogP contribution >= 0.6 is 11.6 Å². The van der Waals surface area contributed by atoms with Crippen molar-refractivity contribution in [2.45, 2.75) is 38.3 Å². The first kappa shape index (κ1) is 12.7. The Morgan fingerprint density at radius 2 is 2.06 bits per heavy atom. The van der Waals surface area contributed by atoms with Gasteiger partial charge in [0.25, 0.3) is 0 Å². The number of nitrogens with one attached hydrogen (secondary N) is 1. The monoisotopic (exact) mass is 252 g/mol. The number of hydrogen-bond acceptors (Lipinski definition) is 2. The van der Waals surface area contributed by atoms with Crippen molar-refractivity contribution in [1.82, 2.24) is 5.32 Å². The van der Waals surface area contributed by atoms with Crippen molar-refractivity contribution < 1.29 is 0 Å². The molecule has 1 aliphatic carbocycles. The van der Waals surface area contributed by atoms with E-state index in [0.717, 1.165) is 17.1 Å². The molecule has 1 saturated carbocycles. The van der Waals surface area contributed by atoms with Crippen LogP contribution in [0.3, 0.4) is 0 Å². The first-order valence-electron chi connectivity index (χ1n) is 6.38. The maximum atomic E-state index is 6.29. The Bertz CT molecular complexity index is 372. The van der Waals surface area contributed by atoms with E-state index in [2.05, 4.69) is 35.5 Å². The normalized spacial score (nSPS) is 16.4. The summed E-state index contributed by atoms with van der Waals surface area (Å²) in [6.07, 6.45) is 5.35. The van der Waals surface area contributed by atoms with Crippen LogP contribution in [0.5, 0.6) is 0 Å². The molecule has 2 nitrogen and oxygen atoms in total. The molecule has 0 heterocycles. The maximum absolute atomic E-state index is 6.29. The SMILES string of the molecule is CNCc1ccc(N(C)C2CCCC2)cc1Cl. The summed E-state index contributed by atoms with van der Waals surface area (Å²) < 4.78 is 0. The number of nitrogens with zero attached hydrogens (tertiary/aromatic N) is 1. The number of anilines is 1. The van der Waals surface area contributed by atoms with Gasteiger partial charge in [-0.05, 0) is 37.6 Å². The summed E-state index contributed by atoms with van der Waals surface area (Å²) >= 11 is 6.29. The molecule has 0 unspecified atom stereocenters. The summed E-state index contributed by atoms with van der Waals surface area (Å²) in [5.41, 5.74) is 2.40. The van der Waals surface area contributed by atoms with Crippen molar-refractivity contribution in [2.75, 3.05) is 19.0 Å².